The van der Waals surface area contributed by atoms with Gasteiger partial charge in [-0.1, -0.05) is 5.92 Å². The molecule has 1 fully saturated rings. The summed E-state index contributed by atoms with van der Waals surface area (Å²) in [4.78, 5) is 4.40. The van der Waals surface area contributed by atoms with Gasteiger partial charge in [0.25, 0.3) is 0 Å². The van der Waals surface area contributed by atoms with Crippen molar-refractivity contribution in [1.29, 1.82) is 0 Å². The highest BCUT2D eigenvalue weighted by Crippen LogP contribution is 2.07. The molecule has 0 bridgehead atoms. The highest BCUT2D eigenvalue weighted by Gasteiger charge is 2.15. The smallest absolute Gasteiger partial charge is 0.192 e. The summed E-state index contributed by atoms with van der Waals surface area (Å²) in [5.41, 5.74) is 0. The third kappa shape index (κ3) is 9.08. The first-order valence-corrected chi connectivity index (χ1v) is 6.51. The number of aliphatic imine (C=N–C) groups is 1. The predicted octanol–water partition coefficient (Wildman–Crippen LogP) is 0.988. The molecule has 0 saturated carbocycles. The van der Waals surface area contributed by atoms with E-state index in [4.69, 9.17) is 15.9 Å². The normalized spacial score (nSPS) is 18.5. The van der Waals surface area contributed by atoms with Gasteiger partial charge in [0, 0.05) is 26.3 Å². The Hall–Kier alpha value is -0.520. The number of nitrogens with one attached hydrogen (secondary N) is 2. The first kappa shape index (κ1) is 18.5. The minimum atomic E-state index is 0. The van der Waals surface area contributed by atoms with Crippen molar-refractivity contribution in [1.82, 2.24) is 10.6 Å². The van der Waals surface area contributed by atoms with Gasteiger partial charge in [-0.2, -0.15) is 0 Å². The summed E-state index contributed by atoms with van der Waals surface area (Å²) in [7, 11) is 0. The molecule has 1 heterocycles. The van der Waals surface area contributed by atoms with Crippen molar-refractivity contribution in [2.24, 2.45) is 4.99 Å². The van der Waals surface area contributed by atoms with Crippen molar-refractivity contribution in [2.75, 3.05) is 39.5 Å². The Labute approximate surface area is 132 Å². The molecule has 1 atom stereocenters. The van der Waals surface area contributed by atoms with Crippen molar-refractivity contribution in [3.8, 4) is 12.3 Å². The third-order valence-corrected chi connectivity index (χ3v) is 2.52. The summed E-state index contributed by atoms with van der Waals surface area (Å²) in [5, 5.41) is 6.18. The van der Waals surface area contributed by atoms with Crippen LogP contribution in [-0.4, -0.2) is 51.5 Å². The lowest BCUT2D eigenvalue weighted by Gasteiger charge is -2.10. The molecule has 1 aliphatic rings. The predicted molar refractivity (Wildman–Crippen MR) is 88.0 cm³/mol. The number of terminal acetylenes is 1. The number of nitrogens with zero attached hydrogens (tertiary/aromatic N) is 1. The van der Waals surface area contributed by atoms with Gasteiger partial charge < -0.3 is 20.1 Å². The number of halogens is 1. The lowest BCUT2D eigenvalue weighted by atomic mass is 10.3. The van der Waals surface area contributed by atoms with Crippen molar-refractivity contribution < 1.29 is 9.47 Å². The van der Waals surface area contributed by atoms with Crippen LogP contribution in [0.3, 0.4) is 0 Å². The van der Waals surface area contributed by atoms with E-state index in [9.17, 15) is 0 Å². The molecule has 6 heteroatoms. The number of guanidine groups is 1. The molecule has 19 heavy (non-hydrogen) atoms. The molecule has 1 unspecified atom stereocenters. The van der Waals surface area contributed by atoms with Gasteiger partial charge in [0.05, 0.1) is 19.3 Å². The SMILES string of the molecule is C#CCNC(=NCCCOC1CCOC1)NCC.I. The molecule has 0 spiro atoms. The van der Waals surface area contributed by atoms with E-state index in [-0.39, 0.29) is 30.1 Å². The number of rotatable bonds is 7. The Balaban J connectivity index is 0.00000324. The zero-order chi connectivity index (χ0) is 13.1. The Kier molecular flexibility index (Phi) is 12.2. The lowest BCUT2D eigenvalue weighted by molar-refractivity contribution is 0.0424. The van der Waals surface area contributed by atoms with Gasteiger partial charge >= 0.3 is 0 Å². The summed E-state index contributed by atoms with van der Waals surface area (Å²) in [5.74, 6) is 3.29. The van der Waals surface area contributed by atoms with Gasteiger partial charge in [-0.05, 0) is 19.8 Å². The fourth-order valence-corrected chi connectivity index (χ4v) is 1.63. The standard InChI is InChI=1S/C13H23N3O2.HI/c1-3-7-15-13(14-4-2)16-8-5-9-18-12-6-10-17-11-12;/h1,12H,4-11H2,2H3,(H2,14,15,16);1H. The van der Waals surface area contributed by atoms with Gasteiger partial charge in [0.15, 0.2) is 5.96 Å². The summed E-state index contributed by atoms with van der Waals surface area (Å²) in [6.07, 6.45) is 7.39. The Bertz CT molecular complexity index is 286. The quantitative estimate of drug-likeness (QED) is 0.227. The van der Waals surface area contributed by atoms with Crippen LogP contribution in [0.15, 0.2) is 4.99 Å². The van der Waals surface area contributed by atoms with Crippen LogP contribution < -0.4 is 10.6 Å². The van der Waals surface area contributed by atoms with Crippen LogP contribution in [0.25, 0.3) is 0 Å². The van der Waals surface area contributed by atoms with Crippen LogP contribution in [0.4, 0.5) is 0 Å². The van der Waals surface area contributed by atoms with Crippen LogP contribution in [0.5, 0.6) is 0 Å². The maximum Gasteiger partial charge on any atom is 0.192 e. The fourth-order valence-electron chi connectivity index (χ4n) is 1.63. The van der Waals surface area contributed by atoms with Crippen LogP contribution in [0, 0.1) is 12.3 Å². The molecular formula is C13H24IN3O2. The topological polar surface area (TPSA) is 54.9 Å². The fraction of sp³-hybridized carbons (Fsp3) is 0.769. The van der Waals surface area contributed by atoms with E-state index in [1.165, 1.54) is 0 Å². The van der Waals surface area contributed by atoms with Gasteiger partial charge in [0.1, 0.15) is 0 Å². The first-order valence-electron chi connectivity index (χ1n) is 6.51. The number of ether oxygens (including phenoxy) is 2. The Morgan fingerprint density at radius 2 is 2.37 bits per heavy atom. The van der Waals surface area contributed by atoms with E-state index in [0.717, 1.165) is 51.7 Å². The molecule has 1 saturated heterocycles. The van der Waals surface area contributed by atoms with E-state index in [1.807, 2.05) is 6.92 Å². The molecule has 0 aromatic carbocycles. The van der Waals surface area contributed by atoms with E-state index in [1.54, 1.807) is 0 Å². The molecule has 1 aliphatic heterocycles. The average Bonchev–Trinajstić information content (AvgIpc) is 2.88. The van der Waals surface area contributed by atoms with E-state index >= 15 is 0 Å². The van der Waals surface area contributed by atoms with Gasteiger partial charge in [-0.15, -0.1) is 30.4 Å². The summed E-state index contributed by atoms with van der Waals surface area (Å²) in [6.45, 7) is 6.35. The highest BCUT2D eigenvalue weighted by molar-refractivity contribution is 14.0. The van der Waals surface area contributed by atoms with E-state index in [2.05, 4.69) is 21.5 Å². The molecule has 2 N–H and O–H groups in total. The maximum atomic E-state index is 5.66. The summed E-state index contributed by atoms with van der Waals surface area (Å²) in [6, 6.07) is 0. The van der Waals surface area contributed by atoms with E-state index in [0.29, 0.717) is 6.54 Å². The molecule has 5 nitrogen and oxygen atoms in total. The molecular weight excluding hydrogens is 357 g/mol. The van der Waals surface area contributed by atoms with Crippen molar-refractivity contribution in [3.63, 3.8) is 0 Å². The molecule has 1 rings (SSSR count). The molecule has 0 aromatic heterocycles. The third-order valence-electron chi connectivity index (χ3n) is 2.52. The second kappa shape index (κ2) is 12.5. The van der Waals surface area contributed by atoms with Crippen molar-refractivity contribution in [2.45, 2.75) is 25.9 Å². The monoisotopic (exact) mass is 381 g/mol. The second-order valence-electron chi connectivity index (χ2n) is 4.03. The van der Waals surface area contributed by atoms with Crippen LogP contribution in [0.1, 0.15) is 19.8 Å². The second-order valence-corrected chi connectivity index (χ2v) is 4.03. The van der Waals surface area contributed by atoms with Crippen molar-refractivity contribution >= 4 is 29.9 Å². The molecule has 0 aliphatic carbocycles. The van der Waals surface area contributed by atoms with Crippen LogP contribution in [0.2, 0.25) is 0 Å². The van der Waals surface area contributed by atoms with Crippen LogP contribution >= 0.6 is 24.0 Å². The first-order chi connectivity index (χ1) is 8.86. The molecule has 0 amide bonds. The zero-order valence-electron chi connectivity index (χ0n) is 11.5. The summed E-state index contributed by atoms with van der Waals surface area (Å²) < 4.78 is 10.9. The van der Waals surface area contributed by atoms with Gasteiger partial charge in [-0.3, -0.25) is 4.99 Å². The van der Waals surface area contributed by atoms with E-state index < -0.39 is 0 Å². The number of hydrogen-bond acceptors (Lipinski definition) is 3. The van der Waals surface area contributed by atoms with Gasteiger partial charge in [-0.25, -0.2) is 0 Å². The average molecular weight is 381 g/mol. The maximum absolute atomic E-state index is 5.66. The zero-order valence-corrected chi connectivity index (χ0v) is 13.8. The molecule has 0 aromatic rings. The molecule has 110 valence electrons. The minimum absolute atomic E-state index is 0. The van der Waals surface area contributed by atoms with Gasteiger partial charge in [0.2, 0.25) is 0 Å². The Morgan fingerprint density at radius 3 is 3.00 bits per heavy atom. The molecule has 0 radical (unpaired) electrons. The highest BCUT2D eigenvalue weighted by atomic mass is 127. The van der Waals surface area contributed by atoms with Crippen LogP contribution in [-0.2, 0) is 9.47 Å². The minimum Gasteiger partial charge on any atom is -0.379 e. The lowest BCUT2D eigenvalue weighted by Crippen LogP contribution is -2.37. The number of hydrogen-bond donors (Lipinski definition) is 2. The van der Waals surface area contributed by atoms with Crippen molar-refractivity contribution in [3.05, 3.63) is 0 Å². The Morgan fingerprint density at radius 1 is 1.53 bits per heavy atom. The largest absolute Gasteiger partial charge is 0.379 e. The summed E-state index contributed by atoms with van der Waals surface area (Å²) >= 11 is 0.